The molecular weight excluding hydrogens is 473 g/mol. The molecule has 0 spiro atoms. The number of para-hydroxylation sites is 2. The van der Waals surface area contributed by atoms with Crippen molar-refractivity contribution in [2.24, 2.45) is 5.92 Å². The van der Waals surface area contributed by atoms with Gasteiger partial charge in [-0.25, -0.2) is 9.37 Å². The zero-order chi connectivity index (χ0) is 25.8. The fourth-order valence-electron chi connectivity index (χ4n) is 4.72. The van der Waals surface area contributed by atoms with Crippen LogP contribution in [0.3, 0.4) is 0 Å². The van der Waals surface area contributed by atoms with Gasteiger partial charge >= 0.3 is 0 Å². The molecule has 1 saturated heterocycles. The van der Waals surface area contributed by atoms with Crippen LogP contribution in [0.5, 0.6) is 0 Å². The zero-order valence-electron chi connectivity index (χ0n) is 20.1. The van der Waals surface area contributed by atoms with Crippen LogP contribution in [-0.2, 0) is 11.3 Å². The first-order valence-corrected chi connectivity index (χ1v) is 12.1. The monoisotopic (exact) mass is 499 g/mol. The van der Waals surface area contributed by atoms with Gasteiger partial charge in [0.05, 0.1) is 17.8 Å². The number of rotatable bonds is 7. The number of imidazole rings is 1. The third-order valence-corrected chi connectivity index (χ3v) is 6.68. The van der Waals surface area contributed by atoms with Gasteiger partial charge in [-0.05, 0) is 48.7 Å². The second kappa shape index (κ2) is 10.6. The first-order chi connectivity index (χ1) is 18.0. The largest absolute Gasteiger partial charge is 0.366 e. The minimum absolute atomic E-state index is 0.0687. The molecule has 1 fully saturated rings. The van der Waals surface area contributed by atoms with E-state index >= 15 is 0 Å². The number of carbonyl (C=O) groups is 1. The van der Waals surface area contributed by atoms with Crippen LogP contribution in [0.4, 0.5) is 21.6 Å². The van der Waals surface area contributed by atoms with Crippen LogP contribution in [0, 0.1) is 21.8 Å². The summed E-state index contributed by atoms with van der Waals surface area (Å²) in [4.78, 5) is 30.9. The molecule has 1 aliphatic rings. The number of amides is 1. The van der Waals surface area contributed by atoms with E-state index in [1.165, 1.54) is 18.2 Å². The van der Waals surface area contributed by atoms with Gasteiger partial charge < -0.3 is 14.8 Å². The van der Waals surface area contributed by atoms with E-state index in [4.69, 9.17) is 0 Å². The summed E-state index contributed by atoms with van der Waals surface area (Å²) >= 11 is 0. The number of benzene rings is 3. The lowest BCUT2D eigenvalue weighted by atomic mass is 9.95. The summed E-state index contributed by atoms with van der Waals surface area (Å²) in [7, 11) is 0. The van der Waals surface area contributed by atoms with Gasteiger partial charge in [-0.1, -0.05) is 42.5 Å². The van der Waals surface area contributed by atoms with Crippen molar-refractivity contribution in [1.82, 2.24) is 9.55 Å². The Hall–Kier alpha value is -4.53. The number of nitro benzene ring substituents is 1. The quantitative estimate of drug-likeness (QED) is 0.268. The highest BCUT2D eigenvalue weighted by molar-refractivity contribution is 5.95. The first kappa shape index (κ1) is 24.2. The van der Waals surface area contributed by atoms with Crippen molar-refractivity contribution in [2.75, 3.05) is 23.3 Å². The predicted molar refractivity (Wildman–Crippen MR) is 140 cm³/mol. The van der Waals surface area contributed by atoms with Gasteiger partial charge in [0, 0.05) is 30.6 Å². The van der Waals surface area contributed by atoms with E-state index in [0.29, 0.717) is 55.2 Å². The third kappa shape index (κ3) is 5.35. The lowest BCUT2D eigenvalue weighted by molar-refractivity contribution is -0.384. The second-order valence-corrected chi connectivity index (χ2v) is 9.06. The summed E-state index contributed by atoms with van der Waals surface area (Å²) in [5, 5.41) is 14.5. The maximum atomic E-state index is 13.5. The number of hydrogen-bond acceptors (Lipinski definition) is 5. The Morgan fingerprint density at radius 1 is 1.00 bits per heavy atom. The molecule has 9 heteroatoms. The first-order valence-electron chi connectivity index (χ1n) is 12.1. The van der Waals surface area contributed by atoms with Gasteiger partial charge in [0.1, 0.15) is 23.0 Å². The van der Waals surface area contributed by atoms with Crippen LogP contribution in [0.2, 0.25) is 0 Å². The number of nitrogens with one attached hydrogen (secondary N) is 1. The van der Waals surface area contributed by atoms with E-state index in [2.05, 4.69) is 10.3 Å². The van der Waals surface area contributed by atoms with Crippen LogP contribution in [0.25, 0.3) is 11.3 Å². The molecule has 8 nitrogen and oxygen atoms in total. The third-order valence-electron chi connectivity index (χ3n) is 6.68. The van der Waals surface area contributed by atoms with Crippen molar-refractivity contribution in [2.45, 2.75) is 19.4 Å². The number of aromatic nitrogens is 2. The molecule has 0 aliphatic carbocycles. The van der Waals surface area contributed by atoms with E-state index in [-0.39, 0.29) is 28.3 Å². The molecule has 2 heterocycles. The Balaban J connectivity index is 1.35. The average Bonchev–Trinajstić information content (AvgIpc) is 3.31. The van der Waals surface area contributed by atoms with Gasteiger partial charge in [0.25, 0.3) is 5.69 Å². The van der Waals surface area contributed by atoms with E-state index in [1.54, 1.807) is 36.7 Å². The Kier molecular flexibility index (Phi) is 6.93. The van der Waals surface area contributed by atoms with Crippen molar-refractivity contribution in [3.05, 3.63) is 107 Å². The van der Waals surface area contributed by atoms with Crippen LogP contribution in [0.15, 0.2) is 85.2 Å². The minimum Gasteiger partial charge on any atom is -0.366 e. The van der Waals surface area contributed by atoms with Gasteiger partial charge in [-0.15, -0.1) is 0 Å². The molecule has 37 heavy (non-hydrogen) atoms. The van der Waals surface area contributed by atoms with Crippen LogP contribution < -0.4 is 10.2 Å². The highest BCUT2D eigenvalue weighted by Crippen LogP contribution is 2.33. The normalized spacial score (nSPS) is 13.9. The Bertz CT molecular complexity index is 1400. The molecule has 0 radical (unpaired) electrons. The summed E-state index contributed by atoms with van der Waals surface area (Å²) in [6.45, 7) is 1.59. The van der Waals surface area contributed by atoms with Crippen LogP contribution in [-0.4, -0.2) is 33.5 Å². The molecule has 5 rings (SSSR count). The molecule has 4 aromatic rings. The summed E-state index contributed by atoms with van der Waals surface area (Å²) < 4.78 is 15.4. The fourth-order valence-corrected chi connectivity index (χ4v) is 4.72. The Morgan fingerprint density at radius 3 is 2.38 bits per heavy atom. The Labute approximate surface area is 213 Å². The van der Waals surface area contributed by atoms with E-state index in [0.717, 1.165) is 5.56 Å². The molecule has 188 valence electrons. The van der Waals surface area contributed by atoms with E-state index in [1.807, 2.05) is 39.8 Å². The molecule has 1 N–H and O–H groups in total. The average molecular weight is 500 g/mol. The molecule has 3 aromatic carbocycles. The maximum absolute atomic E-state index is 13.5. The molecule has 1 aromatic heterocycles. The van der Waals surface area contributed by atoms with Gasteiger partial charge in [0.2, 0.25) is 5.91 Å². The number of halogens is 1. The van der Waals surface area contributed by atoms with E-state index < -0.39 is 0 Å². The highest BCUT2D eigenvalue weighted by Gasteiger charge is 2.29. The van der Waals surface area contributed by atoms with Crippen molar-refractivity contribution in [3.63, 3.8) is 0 Å². The van der Waals surface area contributed by atoms with Crippen molar-refractivity contribution < 1.29 is 14.1 Å². The second-order valence-electron chi connectivity index (χ2n) is 9.06. The summed E-state index contributed by atoms with van der Waals surface area (Å²) in [5.74, 6) is -0.161. The molecule has 0 atom stereocenters. The molecule has 1 aliphatic heterocycles. The molecular formula is C28H26FN5O3. The van der Waals surface area contributed by atoms with E-state index in [9.17, 15) is 19.3 Å². The SMILES string of the molecule is O=C(Nc1c(-c2ccc(F)cc2)ncn1Cc1ccccc1)C1CCN(c2ccccc2[N+](=O)[O-])CC1. The molecule has 1 amide bonds. The minimum atomic E-state index is -0.376. The number of anilines is 2. The summed E-state index contributed by atoms with van der Waals surface area (Å²) in [5.41, 5.74) is 2.97. The smallest absolute Gasteiger partial charge is 0.292 e. The number of nitro groups is 1. The summed E-state index contributed by atoms with van der Waals surface area (Å²) in [6, 6.07) is 22.6. The molecule has 0 saturated carbocycles. The van der Waals surface area contributed by atoms with Crippen LogP contribution >= 0.6 is 0 Å². The highest BCUT2D eigenvalue weighted by atomic mass is 19.1. The van der Waals surface area contributed by atoms with Gasteiger partial charge in [0.15, 0.2) is 0 Å². The number of hydrogen-bond donors (Lipinski definition) is 1. The van der Waals surface area contributed by atoms with Gasteiger partial charge in [-0.3, -0.25) is 14.9 Å². The lowest BCUT2D eigenvalue weighted by Gasteiger charge is -2.32. The van der Waals surface area contributed by atoms with Gasteiger partial charge in [-0.2, -0.15) is 0 Å². The fraction of sp³-hybridized carbons (Fsp3) is 0.214. The number of piperidine rings is 1. The zero-order valence-corrected chi connectivity index (χ0v) is 20.1. The molecule has 0 unspecified atom stereocenters. The van der Waals surface area contributed by atoms with Crippen LogP contribution in [0.1, 0.15) is 18.4 Å². The van der Waals surface area contributed by atoms with Crippen molar-refractivity contribution >= 4 is 23.1 Å². The molecule has 0 bridgehead atoms. The van der Waals surface area contributed by atoms with Crippen molar-refractivity contribution in [1.29, 1.82) is 0 Å². The topological polar surface area (TPSA) is 93.3 Å². The number of nitrogens with zero attached hydrogens (tertiary/aromatic N) is 4. The maximum Gasteiger partial charge on any atom is 0.292 e. The Morgan fingerprint density at radius 2 is 1.68 bits per heavy atom. The standard InChI is InChI=1S/C28H26FN5O3/c29-23-12-10-21(11-13-23)26-27(33(19-30-26)18-20-6-2-1-3-7-20)31-28(35)22-14-16-32(17-15-22)24-8-4-5-9-25(24)34(36)37/h1-13,19,22H,14-18H2,(H,31,35). The van der Waals surface area contributed by atoms with Crippen molar-refractivity contribution in [3.8, 4) is 11.3 Å². The lowest BCUT2D eigenvalue weighted by Crippen LogP contribution is -2.38. The number of carbonyl (C=O) groups excluding carboxylic acids is 1. The predicted octanol–water partition coefficient (Wildman–Crippen LogP) is 5.50. The summed E-state index contributed by atoms with van der Waals surface area (Å²) in [6.07, 6.45) is 2.81.